The number of Topliss-reactive ketones (excluding diaryl/α,β-unsaturated/α-hetero) is 1. The van der Waals surface area contributed by atoms with E-state index in [1.54, 1.807) is 12.4 Å². The molecule has 0 bridgehead atoms. The molecule has 0 saturated carbocycles. The van der Waals surface area contributed by atoms with Gasteiger partial charge in [-0.3, -0.25) is 14.6 Å². The Hall–Kier alpha value is -4.82. The molecule has 1 aliphatic rings. The highest BCUT2D eigenvalue weighted by atomic mass is 16.4. The molecule has 8 heteroatoms. The van der Waals surface area contributed by atoms with Crippen molar-refractivity contribution in [3.63, 3.8) is 0 Å². The van der Waals surface area contributed by atoms with Crippen molar-refractivity contribution in [2.45, 2.75) is 38.1 Å². The van der Waals surface area contributed by atoms with Gasteiger partial charge in [0, 0.05) is 37.0 Å². The largest absolute Gasteiger partial charge is 0.481 e. The van der Waals surface area contributed by atoms with Crippen molar-refractivity contribution in [2.75, 3.05) is 11.9 Å². The Morgan fingerprint density at radius 2 is 1.88 bits per heavy atom. The molecule has 3 heterocycles. The van der Waals surface area contributed by atoms with Crippen LogP contribution in [0.5, 0.6) is 0 Å². The lowest BCUT2D eigenvalue weighted by Gasteiger charge is -2.28. The fraction of sp³-hybridized carbons (Fsp3) is 0.212. The van der Waals surface area contributed by atoms with Crippen LogP contribution in [-0.4, -0.2) is 33.4 Å². The molecule has 0 amide bonds. The minimum absolute atomic E-state index is 0.0407. The summed E-state index contributed by atoms with van der Waals surface area (Å²) in [6, 6.07) is 23.2. The van der Waals surface area contributed by atoms with E-state index in [1.807, 2.05) is 79.7 Å². The molecule has 2 atom stereocenters. The van der Waals surface area contributed by atoms with E-state index in [9.17, 15) is 14.7 Å². The third-order valence-corrected chi connectivity index (χ3v) is 7.65. The van der Waals surface area contributed by atoms with Gasteiger partial charge in [-0.15, -0.1) is 0 Å². The molecule has 2 aromatic heterocycles. The highest BCUT2D eigenvalue weighted by molar-refractivity contribution is 5.89. The van der Waals surface area contributed by atoms with Crippen molar-refractivity contribution in [1.82, 2.24) is 15.3 Å². The summed E-state index contributed by atoms with van der Waals surface area (Å²) in [4.78, 5) is 34.0. The summed E-state index contributed by atoms with van der Waals surface area (Å²) < 4.78 is 5.97. The number of pyridine rings is 1. The number of nitrogens with one attached hydrogen (secondary N) is 2. The van der Waals surface area contributed by atoms with Gasteiger partial charge in [0.2, 0.25) is 0 Å². The molecule has 41 heavy (non-hydrogen) atoms. The predicted octanol–water partition coefficient (Wildman–Crippen LogP) is 5.88. The second-order valence-electron chi connectivity index (χ2n) is 10.4. The molecule has 0 radical (unpaired) electrons. The van der Waals surface area contributed by atoms with Crippen LogP contribution >= 0.6 is 0 Å². The number of aliphatic carboxylic acids is 1. The molecule has 0 aliphatic carbocycles. The lowest BCUT2D eigenvalue weighted by molar-refractivity contribution is -0.137. The number of hydrogen-bond acceptors (Lipinski definition) is 7. The van der Waals surface area contributed by atoms with Gasteiger partial charge in [0.25, 0.3) is 6.01 Å². The summed E-state index contributed by atoms with van der Waals surface area (Å²) in [6.45, 7) is 2.71. The molecule has 0 fully saturated rings. The second-order valence-corrected chi connectivity index (χ2v) is 10.4. The molecule has 3 aromatic carbocycles. The number of benzene rings is 3. The van der Waals surface area contributed by atoms with E-state index in [2.05, 4.69) is 20.6 Å². The van der Waals surface area contributed by atoms with Crippen molar-refractivity contribution < 1.29 is 19.1 Å². The monoisotopic (exact) mass is 546 g/mol. The molecule has 0 spiro atoms. The van der Waals surface area contributed by atoms with Crippen molar-refractivity contribution in [3.8, 4) is 0 Å². The Balaban J connectivity index is 1.24. The smallest absolute Gasteiger partial charge is 0.304 e. The molecule has 8 nitrogen and oxygen atoms in total. The maximum absolute atomic E-state index is 13.7. The number of carboxylic acid groups (broad SMARTS) is 1. The number of oxazole rings is 1. The highest BCUT2D eigenvalue weighted by Crippen LogP contribution is 2.33. The quantitative estimate of drug-likeness (QED) is 0.210. The van der Waals surface area contributed by atoms with Crippen LogP contribution in [0.4, 0.5) is 11.7 Å². The van der Waals surface area contributed by atoms with Gasteiger partial charge in [0.1, 0.15) is 5.52 Å². The second kappa shape index (κ2) is 11.3. The van der Waals surface area contributed by atoms with Crippen LogP contribution in [-0.2, 0) is 22.4 Å². The van der Waals surface area contributed by atoms with Crippen LogP contribution in [0.2, 0.25) is 0 Å². The fourth-order valence-corrected chi connectivity index (χ4v) is 5.54. The molecule has 5 aromatic rings. The number of para-hydroxylation sites is 1. The third kappa shape index (κ3) is 5.73. The molecule has 0 saturated heterocycles. The zero-order valence-electron chi connectivity index (χ0n) is 22.6. The van der Waals surface area contributed by atoms with Crippen molar-refractivity contribution in [3.05, 3.63) is 119 Å². The van der Waals surface area contributed by atoms with Crippen LogP contribution in [0.1, 0.15) is 51.8 Å². The SMILES string of the molecule is Cc1ccccc1Nc1nc2ccc(CC(=O)C3NCCc4ccc(C(CC(=O)O)c5ccncc5)cc43)cc2o1. The number of aromatic nitrogens is 2. The van der Waals surface area contributed by atoms with Crippen LogP contribution in [0.15, 0.2) is 89.6 Å². The first-order valence-corrected chi connectivity index (χ1v) is 13.7. The Bertz CT molecular complexity index is 1730. The standard InChI is InChI=1S/C33H30N4O4/c1-20-4-2-3-5-27(20)36-33-37-28-9-6-21(17-30(28)41-33)16-29(38)32-26-18-24(8-7-22(26)12-15-35-32)25(19-31(39)40)23-10-13-34-14-11-23/h2-11,13-14,17-18,25,32,35H,12,15-16,19H2,1H3,(H,36,37)(H,39,40). The van der Waals surface area contributed by atoms with Gasteiger partial charge in [0.05, 0.1) is 12.5 Å². The zero-order chi connectivity index (χ0) is 28.3. The number of rotatable bonds is 9. The summed E-state index contributed by atoms with van der Waals surface area (Å²) in [5, 5.41) is 16.2. The average molecular weight is 547 g/mol. The van der Waals surface area contributed by atoms with Crippen LogP contribution in [0, 0.1) is 6.92 Å². The third-order valence-electron chi connectivity index (χ3n) is 7.65. The van der Waals surface area contributed by atoms with Crippen molar-refractivity contribution >= 4 is 34.6 Å². The van der Waals surface area contributed by atoms with Gasteiger partial charge in [-0.25, -0.2) is 0 Å². The first-order valence-electron chi connectivity index (χ1n) is 13.7. The van der Waals surface area contributed by atoms with Gasteiger partial charge in [-0.2, -0.15) is 4.98 Å². The maximum Gasteiger partial charge on any atom is 0.304 e. The van der Waals surface area contributed by atoms with E-state index >= 15 is 0 Å². The number of carbonyl (C=O) groups excluding carboxylic acids is 1. The summed E-state index contributed by atoms with van der Waals surface area (Å²) in [6.07, 6.45) is 4.32. The predicted molar refractivity (Wildman–Crippen MR) is 156 cm³/mol. The van der Waals surface area contributed by atoms with Crippen molar-refractivity contribution in [1.29, 1.82) is 0 Å². The number of fused-ring (bicyclic) bond motifs is 2. The molecule has 3 N–H and O–H groups in total. The van der Waals surface area contributed by atoms with Crippen LogP contribution in [0.25, 0.3) is 11.1 Å². The molecular formula is C33H30N4O4. The number of ketones is 1. The number of carboxylic acids is 1. The van der Waals surface area contributed by atoms with E-state index in [0.717, 1.165) is 45.5 Å². The molecule has 1 aliphatic heterocycles. The lowest BCUT2D eigenvalue weighted by atomic mass is 9.83. The summed E-state index contributed by atoms with van der Waals surface area (Å²) in [5.41, 5.74) is 7.93. The van der Waals surface area contributed by atoms with Gasteiger partial charge >= 0.3 is 5.97 Å². The minimum Gasteiger partial charge on any atom is -0.481 e. The van der Waals surface area contributed by atoms with Gasteiger partial charge in [0.15, 0.2) is 11.4 Å². The maximum atomic E-state index is 13.7. The van der Waals surface area contributed by atoms with E-state index < -0.39 is 12.0 Å². The van der Waals surface area contributed by atoms with E-state index in [0.29, 0.717) is 23.7 Å². The van der Waals surface area contributed by atoms with E-state index in [4.69, 9.17) is 4.42 Å². The molecule has 6 rings (SSSR count). The average Bonchev–Trinajstić information content (AvgIpc) is 3.38. The first kappa shape index (κ1) is 26.4. The minimum atomic E-state index is -0.879. The van der Waals surface area contributed by atoms with Gasteiger partial charge in [-0.1, -0.05) is 42.5 Å². The molecule has 2 unspecified atom stereocenters. The number of carbonyl (C=O) groups is 2. The normalized spacial score (nSPS) is 15.3. The number of nitrogens with zero attached hydrogens (tertiary/aromatic N) is 2. The number of anilines is 2. The van der Waals surface area contributed by atoms with E-state index in [-0.39, 0.29) is 24.5 Å². The van der Waals surface area contributed by atoms with Crippen LogP contribution in [0.3, 0.4) is 0 Å². The summed E-state index contributed by atoms with van der Waals surface area (Å²) in [5.74, 6) is -1.18. The molecular weight excluding hydrogens is 516 g/mol. The number of hydrogen-bond donors (Lipinski definition) is 3. The fourth-order valence-electron chi connectivity index (χ4n) is 5.54. The summed E-state index contributed by atoms with van der Waals surface area (Å²) in [7, 11) is 0. The Morgan fingerprint density at radius 1 is 1.05 bits per heavy atom. The Morgan fingerprint density at radius 3 is 2.68 bits per heavy atom. The lowest BCUT2D eigenvalue weighted by Crippen LogP contribution is -2.36. The van der Waals surface area contributed by atoms with E-state index in [1.165, 1.54) is 0 Å². The van der Waals surface area contributed by atoms with Crippen molar-refractivity contribution in [2.24, 2.45) is 0 Å². The highest BCUT2D eigenvalue weighted by Gasteiger charge is 2.28. The van der Waals surface area contributed by atoms with Gasteiger partial charge < -0.3 is 20.2 Å². The topological polar surface area (TPSA) is 117 Å². The number of aryl methyl sites for hydroxylation is 1. The molecule has 206 valence electrons. The Kier molecular flexibility index (Phi) is 7.31. The first-order chi connectivity index (χ1) is 19.9. The zero-order valence-corrected chi connectivity index (χ0v) is 22.6. The Labute approximate surface area is 237 Å². The van der Waals surface area contributed by atoms with Crippen LogP contribution < -0.4 is 10.6 Å². The summed E-state index contributed by atoms with van der Waals surface area (Å²) >= 11 is 0. The van der Waals surface area contributed by atoms with Gasteiger partial charge in [-0.05, 0) is 77.1 Å².